The SMILES string of the molecule is CCC(C)(N)COCC(=O)N(C)C1CC1. The number of amides is 1. The number of ether oxygens (including phenoxy) is 1. The zero-order valence-corrected chi connectivity index (χ0v) is 9.95. The van der Waals surface area contributed by atoms with Crippen LogP contribution in [0.15, 0.2) is 0 Å². The van der Waals surface area contributed by atoms with Gasteiger partial charge >= 0.3 is 0 Å². The van der Waals surface area contributed by atoms with Gasteiger partial charge in [-0.05, 0) is 26.2 Å². The Bertz CT molecular complexity index is 225. The number of carbonyl (C=O) groups excluding carboxylic acids is 1. The molecule has 0 radical (unpaired) electrons. The molecule has 1 aliphatic rings. The summed E-state index contributed by atoms with van der Waals surface area (Å²) in [7, 11) is 1.84. The molecule has 1 saturated carbocycles. The lowest BCUT2D eigenvalue weighted by Crippen LogP contribution is -2.42. The molecule has 88 valence electrons. The van der Waals surface area contributed by atoms with E-state index < -0.39 is 0 Å². The average molecular weight is 214 g/mol. The zero-order chi connectivity index (χ0) is 11.5. The molecule has 0 aliphatic heterocycles. The van der Waals surface area contributed by atoms with Crippen molar-refractivity contribution < 1.29 is 9.53 Å². The molecule has 2 N–H and O–H groups in total. The number of nitrogens with two attached hydrogens (primary N) is 1. The van der Waals surface area contributed by atoms with E-state index in [9.17, 15) is 4.79 Å². The second-order valence-corrected chi connectivity index (χ2v) is 4.74. The lowest BCUT2D eigenvalue weighted by atomic mass is 10.0. The molecule has 0 heterocycles. The Hall–Kier alpha value is -0.610. The van der Waals surface area contributed by atoms with Crippen molar-refractivity contribution in [2.45, 2.75) is 44.7 Å². The monoisotopic (exact) mass is 214 g/mol. The molecule has 1 unspecified atom stereocenters. The highest BCUT2D eigenvalue weighted by Crippen LogP contribution is 2.25. The van der Waals surface area contributed by atoms with Crippen LogP contribution in [-0.4, -0.2) is 42.6 Å². The van der Waals surface area contributed by atoms with Crippen molar-refractivity contribution >= 4 is 5.91 Å². The van der Waals surface area contributed by atoms with Gasteiger partial charge in [-0.1, -0.05) is 6.92 Å². The number of hydrogen-bond acceptors (Lipinski definition) is 3. The fraction of sp³-hybridized carbons (Fsp3) is 0.909. The second-order valence-electron chi connectivity index (χ2n) is 4.74. The fourth-order valence-electron chi connectivity index (χ4n) is 1.24. The molecule has 4 heteroatoms. The fourth-order valence-corrected chi connectivity index (χ4v) is 1.24. The summed E-state index contributed by atoms with van der Waals surface area (Å²) >= 11 is 0. The van der Waals surface area contributed by atoms with Gasteiger partial charge in [0.15, 0.2) is 0 Å². The number of nitrogens with zero attached hydrogens (tertiary/aromatic N) is 1. The molecule has 1 atom stereocenters. The van der Waals surface area contributed by atoms with E-state index in [4.69, 9.17) is 10.5 Å². The number of carbonyl (C=O) groups is 1. The minimum absolute atomic E-state index is 0.0596. The molecular formula is C11H22N2O2. The van der Waals surface area contributed by atoms with Crippen molar-refractivity contribution in [2.24, 2.45) is 5.73 Å². The van der Waals surface area contributed by atoms with Crippen molar-refractivity contribution in [1.29, 1.82) is 0 Å². The topological polar surface area (TPSA) is 55.6 Å². The third kappa shape index (κ3) is 4.18. The Morgan fingerprint density at radius 2 is 2.20 bits per heavy atom. The highest BCUT2D eigenvalue weighted by molar-refractivity contribution is 5.77. The van der Waals surface area contributed by atoms with Crippen molar-refractivity contribution in [1.82, 2.24) is 4.90 Å². The number of likely N-dealkylation sites (N-methyl/N-ethyl adjacent to an activating group) is 1. The number of rotatable bonds is 6. The molecule has 0 aromatic carbocycles. The minimum atomic E-state index is -0.321. The predicted octanol–water partition coefficient (Wildman–Crippen LogP) is 0.751. The molecule has 1 amide bonds. The van der Waals surface area contributed by atoms with Crippen LogP contribution in [-0.2, 0) is 9.53 Å². The van der Waals surface area contributed by atoms with Gasteiger partial charge in [-0.2, -0.15) is 0 Å². The highest BCUT2D eigenvalue weighted by Gasteiger charge is 2.29. The van der Waals surface area contributed by atoms with Crippen molar-refractivity contribution in [3.63, 3.8) is 0 Å². The summed E-state index contributed by atoms with van der Waals surface area (Å²) in [6.45, 7) is 4.54. The summed E-state index contributed by atoms with van der Waals surface area (Å²) in [5, 5.41) is 0. The van der Waals surface area contributed by atoms with Crippen molar-refractivity contribution in [3.05, 3.63) is 0 Å². The molecule has 0 bridgehead atoms. The quantitative estimate of drug-likeness (QED) is 0.710. The maximum Gasteiger partial charge on any atom is 0.248 e. The average Bonchev–Trinajstić information content (AvgIpc) is 2.99. The van der Waals surface area contributed by atoms with Crippen LogP contribution in [0, 0.1) is 0 Å². The van der Waals surface area contributed by atoms with Crippen LogP contribution in [0.3, 0.4) is 0 Å². The zero-order valence-electron chi connectivity index (χ0n) is 9.95. The third-order valence-electron chi connectivity index (χ3n) is 2.95. The molecule has 0 spiro atoms. The van der Waals surface area contributed by atoms with Crippen LogP contribution >= 0.6 is 0 Å². The molecule has 0 aromatic rings. The molecule has 4 nitrogen and oxygen atoms in total. The first kappa shape index (κ1) is 12.5. The van der Waals surface area contributed by atoms with Crippen LogP contribution in [0.25, 0.3) is 0 Å². The van der Waals surface area contributed by atoms with E-state index in [2.05, 4.69) is 0 Å². The van der Waals surface area contributed by atoms with Gasteiger partial charge in [-0.25, -0.2) is 0 Å². The third-order valence-corrected chi connectivity index (χ3v) is 2.95. The Labute approximate surface area is 91.8 Å². The summed E-state index contributed by atoms with van der Waals surface area (Å²) in [6.07, 6.45) is 3.11. The smallest absolute Gasteiger partial charge is 0.248 e. The summed E-state index contributed by atoms with van der Waals surface area (Å²) < 4.78 is 5.33. The van der Waals surface area contributed by atoms with Gasteiger partial charge in [-0.3, -0.25) is 4.79 Å². The standard InChI is InChI=1S/C11H22N2O2/c1-4-11(2,12)8-15-7-10(14)13(3)9-5-6-9/h9H,4-8,12H2,1-3H3. The van der Waals surface area contributed by atoms with Crippen molar-refractivity contribution in [2.75, 3.05) is 20.3 Å². The first-order valence-electron chi connectivity index (χ1n) is 5.58. The molecule has 0 aromatic heterocycles. The molecule has 1 fully saturated rings. The summed E-state index contributed by atoms with van der Waals surface area (Å²) in [4.78, 5) is 13.3. The Morgan fingerprint density at radius 1 is 1.60 bits per heavy atom. The van der Waals surface area contributed by atoms with Gasteiger partial charge in [0.25, 0.3) is 0 Å². The van der Waals surface area contributed by atoms with E-state index >= 15 is 0 Å². The van der Waals surface area contributed by atoms with Crippen molar-refractivity contribution in [3.8, 4) is 0 Å². The van der Waals surface area contributed by atoms with Crippen LogP contribution in [0.5, 0.6) is 0 Å². The van der Waals surface area contributed by atoms with Gasteiger partial charge in [0.05, 0.1) is 6.61 Å². The van der Waals surface area contributed by atoms with Gasteiger partial charge < -0.3 is 15.4 Å². The van der Waals surface area contributed by atoms with E-state index in [0.29, 0.717) is 12.6 Å². The predicted molar refractivity (Wildman–Crippen MR) is 59.5 cm³/mol. The van der Waals surface area contributed by atoms with Gasteiger partial charge in [-0.15, -0.1) is 0 Å². The van der Waals surface area contributed by atoms with Crippen LogP contribution in [0.2, 0.25) is 0 Å². The maximum atomic E-state index is 11.6. The molecule has 1 aliphatic carbocycles. The summed E-state index contributed by atoms with van der Waals surface area (Å²) in [6, 6.07) is 0.455. The molecule has 0 saturated heterocycles. The summed E-state index contributed by atoms with van der Waals surface area (Å²) in [5.41, 5.74) is 5.58. The largest absolute Gasteiger partial charge is 0.370 e. The Balaban J connectivity index is 2.16. The molecular weight excluding hydrogens is 192 g/mol. The van der Waals surface area contributed by atoms with E-state index in [0.717, 1.165) is 19.3 Å². The summed E-state index contributed by atoms with van der Waals surface area (Å²) in [5.74, 6) is 0.0596. The molecule has 15 heavy (non-hydrogen) atoms. The highest BCUT2D eigenvalue weighted by atomic mass is 16.5. The first-order chi connectivity index (χ1) is 6.96. The van der Waals surface area contributed by atoms with Gasteiger partial charge in [0, 0.05) is 18.6 Å². The first-order valence-corrected chi connectivity index (χ1v) is 5.58. The Morgan fingerprint density at radius 3 is 2.67 bits per heavy atom. The lowest BCUT2D eigenvalue weighted by Gasteiger charge is -2.23. The minimum Gasteiger partial charge on any atom is -0.370 e. The Kier molecular flexibility index (Phi) is 4.11. The maximum absolute atomic E-state index is 11.6. The van der Waals surface area contributed by atoms with E-state index in [1.807, 2.05) is 20.9 Å². The molecule has 1 rings (SSSR count). The van der Waals surface area contributed by atoms with Crippen LogP contribution < -0.4 is 5.73 Å². The normalized spacial score (nSPS) is 19.7. The second kappa shape index (κ2) is 4.94. The van der Waals surface area contributed by atoms with E-state index in [1.54, 1.807) is 4.90 Å². The van der Waals surface area contributed by atoms with Crippen LogP contribution in [0.4, 0.5) is 0 Å². The van der Waals surface area contributed by atoms with Crippen LogP contribution in [0.1, 0.15) is 33.1 Å². The van der Waals surface area contributed by atoms with E-state index in [1.165, 1.54) is 0 Å². The van der Waals surface area contributed by atoms with Gasteiger partial charge in [0.1, 0.15) is 6.61 Å². The van der Waals surface area contributed by atoms with Gasteiger partial charge in [0.2, 0.25) is 5.91 Å². The number of hydrogen-bond donors (Lipinski definition) is 1. The lowest BCUT2D eigenvalue weighted by molar-refractivity contribution is -0.135. The van der Waals surface area contributed by atoms with E-state index in [-0.39, 0.29) is 18.1 Å².